The normalized spacial score (nSPS) is 14.7. The van der Waals surface area contributed by atoms with Crippen LogP contribution in [-0.2, 0) is 11.3 Å². The lowest BCUT2D eigenvalue weighted by Crippen LogP contribution is -2.35. The molecule has 0 saturated carbocycles. The largest absolute Gasteiger partial charge is 0.379 e. The Bertz CT molecular complexity index is 1140. The Morgan fingerprint density at radius 1 is 1.00 bits per heavy atom. The molecule has 1 aromatic heterocycles. The highest BCUT2D eigenvalue weighted by molar-refractivity contribution is 5.95. The molecule has 1 amide bonds. The summed E-state index contributed by atoms with van der Waals surface area (Å²) in [5, 5.41) is 4.22. The van der Waals surface area contributed by atoms with E-state index < -0.39 is 0 Å². The molecule has 33 heavy (non-hydrogen) atoms. The summed E-state index contributed by atoms with van der Waals surface area (Å²) in [6.07, 6.45) is 1.71. The van der Waals surface area contributed by atoms with E-state index in [9.17, 15) is 4.79 Å². The van der Waals surface area contributed by atoms with E-state index >= 15 is 0 Å². The third kappa shape index (κ3) is 5.59. The molecule has 0 aliphatic carbocycles. The SMILES string of the molecule is Cc1cc(C)cc(-n2c(C)cc(/C=N\NC(=O)c3ccc(CN4CCOCC4)cc3)c2C)c1. The zero-order chi connectivity index (χ0) is 23.4. The highest BCUT2D eigenvalue weighted by atomic mass is 16.5. The molecule has 0 radical (unpaired) electrons. The van der Waals surface area contributed by atoms with Crippen molar-refractivity contribution < 1.29 is 9.53 Å². The van der Waals surface area contributed by atoms with Crippen molar-refractivity contribution in [2.45, 2.75) is 34.2 Å². The number of aryl methyl sites for hydroxylation is 3. The summed E-state index contributed by atoms with van der Waals surface area (Å²) >= 11 is 0. The molecule has 1 aliphatic rings. The van der Waals surface area contributed by atoms with Gasteiger partial charge < -0.3 is 9.30 Å². The number of carbonyl (C=O) groups is 1. The summed E-state index contributed by atoms with van der Waals surface area (Å²) in [7, 11) is 0. The Balaban J connectivity index is 1.40. The minimum Gasteiger partial charge on any atom is -0.379 e. The van der Waals surface area contributed by atoms with E-state index in [1.807, 2.05) is 24.3 Å². The monoisotopic (exact) mass is 444 g/mol. The summed E-state index contributed by atoms with van der Waals surface area (Å²) in [6.45, 7) is 12.7. The molecule has 0 spiro atoms. The van der Waals surface area contributed by atoms with Gasteiger partial charge in [-0.3, -0.25) is 9.69 Å². The quantitative estimate of drug-likeness (QED) is 0.455. The highest BCUT2D eigenvalue weighted by Gasteiger charge is 2.12. The van der Waals surface area contributed by atoms with Crippen LogP contribution >= 0.6 is 0 Å². The topological polar surface area (TPSA) is 58.9 Å². The molecule has 1 saturated heterocycles. The summed E-state index contributed by atoms with van der Waals surface area (Å²) in [6, 6.07) is 16.3. The molecule has 3 aromatic rings. The molecule has 6 nitrogen and oxygen atoms in total. The van der Waals surface area contributed by atoms with Gasteiger partial charge in [0.25, 0.3) is 5.91 Å². The Morgan fingerprint density at radius 2 is 1.67 bits per heavy atom. The highest BCUT2D eigenvalue weighted by Crippen LogP contribution is 2.22. The van der Waals surface area contributed by atoms with Crippen LogP contribution in [0.5, 0.6) is 0 Å². The second kappa shape index (κ2) is 10.1. The first-order valence-corrected chi connectivity index (χ1v) is 11.4. The first-order valence-electron chi connectivity index (χ1n) is 11.4. The summed E-state index contributed by atoms with van der Waals surface area (Å²) in [4.78, 5) is 14.9. The zero-order valence-electron chi connectivity index (χ0n) is 19.9. The summed E-state index contributed by atoms with van der Waals surface area (Å²) in [5.74, 6) is -0.215. The van der Waals surface area contributed by atoms with Gasteiger partial charge in [0, 0.05) is 47.8 Å². The lowest BCUT2D eigenvalue weighted by molar-refractivity contribution is 0.0342. The van der Waals surface area contributed by atoms with Gasteiger partial charge >= 0.3 is 0 Å². The maximum atomic E-state index is 12.5. The number of hydrazone groups is 1. The first kappa shape index (κ1) is 23.0. The van der Waals surface area contributed by atoms with Crippen molar-refractivity contribution in [2.75, 3.05) is 26.3 Å². The minimum absolute atomic E-state index is 0.215. The molecular formula is C27H32N4O2. The number of nitrogens with zero attached hydrogens (tertiary/aromatic N) is 3. The predicted molar refractivity (Wildman–Crippen MR) is 132 cm³/mol. The van der Waals surface area contributed by atoms with Crippen LogP contribution in [0.4, 0.5) is 0 Å². The van der Waals surface area contributed by atoms with Crippen LogP contribution in [0.1, 0.15) is 44.0 Å². The second-order valence-corrected chi connectivity index (χ2v) is 8.79. The van der Waals surface area contributed by atoms with Crippen molar-refractivity contribution in [3.63, 3.8) is 0 Å². The number of nitrogens with one attached hydrogen (secondary N) is 1. The fourth-order valence-corrected chi connectivity index (χ4v) is 4.40. The van der Waals surface area contributed by atoms with Crippen molar-refractivity contribution in [1.29, 1.82) is 0 Å². The van der Waals surface area contributed by atoms with Crippen LogP contribution in [0.15, 0.2) is 53.6 Å². The maximum Gasteiger partial charge on any atom is 0.271 e. The van der Waals surface area contributed by atoms with Crippen molar-refractivity contribution in [3.05, 3.63) is 87.7 Å². The smallest absolute Gasteiger partial charge is 0.271 e. The molecule has 0 atom stereocenters. The Labute approximate surface area is 195 Å². The van der Waals surface area contributed by atoms with Gasteiger partial charge in [0.1, 0.15) is 0 Å². The average molecular weight is 445 g/mol. The molecule has 0 bridgehead atoms. The number of amides is 1. The van der Waals surface area contributed by atoms with Gasteiger partial charge in [0.15, 0.2) is 0 Å². The Morgan fingerprint density at radius 3 is 2.33 bits per heavy atom. The number of hydrogen-bond acceptors (Lipinski definition) is 4. The molecule has 1 N–H and O–H groups in total. The number of carbonyl (C=O) groups excluding carboxylic acids is 1. The van der Waals surface area contributed by atoms with Crippen LogP contribution in [-0.4, -0.2) is 47.9 Å². The number of rotatable bonds is 6. The van der Waals surface area contributed by atoms with E-state index in [0.29, 0.717) is 5.56 Å². The van der Waals surface area contributed by atoms with Gasteiger partial charge in [-0.05, 0) is 74.7 Å². The van der Waals surface area contributed by atoms with Crippen LogP contribution < -0.4 is 5.43 Å². The molecule has 4 rings (SSSR count). The number of benzene rings is 2. The molecule has 6 heteroatoms. The van der Waals surface area contributed by atoms with E-state index in [1.54, 1.807) is 6.21 Å². The molecule has 2 aromatic carbocycles. The van der Waals surface area contributed by atoms with Crippen molar-refractivity contribution in [2.24, 2.45) is 5.10 Å². The predicted octanol–water partition coefficient (Wildman–Crippen LogP) is 4.31. The second-order valence-electron chi connectivity index (χ2n) is 8.79. The molecule has 0 unspecified atom stereocenters. The third-order valence-corrected chi connectivity index (χ3v) is 6.03. The van der Waals surface area contributed by atoms with Crippen LogP contribution in [0, 0.1) is 27.7 Å². The molecule has 2 heterocycles. The van der Waals surface area contributed by atoms with Crippen LogP contribution in [0.3, 0.4) is 0 Å². The van der Waals surface area contributed by atoms with Gasteiger partial charge in [-0.15, -0.1) is 0 Å². The van der Waals surface area contributed by atoms with Crippen molar-refractivity contribution >= 4 is 12.1 Å². The first-order chi connectivity index (χ1) is 15.9. The number of morpholine rings is 1. The average Bonchev–Trinajstić information content (AvgIpc) is 3.07. The van der Waals surface area contributed by atoms with Gasteiger partial charge in [-0.25, -0.2) is 5.43 Å². The minimum atomic E-state index is -0.215. The van der Waals surface area contributed by atoms with E-state index in [4.69, 9.17) is 4.74 Å². The van der Waals surface area contributed by atoms with Gasteiger partial charge in [-0.2, -0.15) is 5.10 Å². The van der Waals surface area contributed by atoms with Crippen molar-refractivity contribution in [3.8, 4) is 5.69 Å². The molecule has 1 fully saturated rings. The van der Waals surface area contributed by atoms with Crippen molar-refractivity contribution in [1.82, 2.24) is 14.9 Å². The summed E-state index contributed by atoms with van der Waals surface area (Å²) < 4.78 is 7.61. The molecule has 1 aliphatic heterocycles. The summed E-state index contributed by atoms with van der Waals surface area (Å²) in [5.41, 5.74) is 11.2. The third-order valence-electron chi connectivity index (χ3n) is 6.03. The zero-order valence-corrected chi connectivity index (χ0v) is 19.9. The Kier molecular flexibility index (Phi) is 7.06. The number of aromatic nitrogens is 1. The van der Waals surface area contributed by atoms with E-state index in [-0.39, 0.29) is 5.91 Å². The lowest BCUT2D eigenvalue weighted by atomic mass is 10.1. The van der Waals surface area contributed by atoms with E-state index in [1.165, 1.54) is 16.7 Å². The van der Waals surface area contributed by atoms with Gasteiger partial charge in [0.2, 0.25) is 0 Å². The fourth-order valence-electron chi connectivity index (χ4n) is 4.40. The van der Waals surface area contributed by atoms with Gasteiger partial charge in [0.05, 0.1) is 19.4 Å². The molecular weight excluding hydrogens is 412 g/mol. The lowest BCUT2D eigenvalue weighted by Gasteiger charge is -2.26. The van der Waals surface area contributed by atoms with Gasteiger partial charge in [-0.1, -0.05) is 18.2 Å². The maximum absolute atomic E-state index is 12.5. The van der Waals surface area contributed by atoms with Crippen LogP contribution in [0.2, 0.25) is 0 Å². The molecule has 172 valence electrons. The number of hydrogen-bond donors (Lipinski definition) is 1. The Hall–Kier alpha value is -3.22. The number of ether oxygens (including phenoxy) is 1. The fraction of sp³-hybridized carbons (Fsp3) is 0.333. The standard InChI is InChI=1S/C27H32N4O2/c1-19-13-20(2)15-26(14-19)31-21(3)16-25(22(31)4)17-28-29-27(32)24-7-5-23(6-8-24)18-30-9-11-33-12-10-30/h5-8,13-17H,9-12,18H2,1-4H3,(H,29,32)/b28-17-. The van der Waals surface area contributed by atoms with Crippen LogP contribution in [0.25, 0.3) is 5.69 Å². The van der Waals surface area contributed by atoms with E-state index in [0.717, 1.165) is 55.5 Å². The van der Waals surface area contributed by atoms with E-state index in [2.05, 4.69) is 72.0 Å².